The van der Waals surface area contributed by atoms with Gasteiger partial charge in [-0.1, -0.05) is 48.5 Å². The molecular weight excluding hydrogens is 532 g/mol. The maximum absolute atomic E-state index is 14.0. The van der Waals surface area contributed by atoms with Crippen molar-refractivity contribution in [3.8, 4) is 17.2 Å². The van der Waals surface area contributed by atoms with Crippen LogP contribution in [0.15, 0.2) is 95.9 Å². The van der Waals surface area contributed by atoms with Gasteiger partial charge in [0.2, 0.25) is 0 Å². The van der Waals surface area contributed by atoms with Gasteiger partial charge >= 0.3 is 0 Å². The molecule has 0 radical (unpaired) electrons. The second-order valence-electron chi connectivity index (χ2n) is 10.6. The molecule has 7 heteroatoms. The van der Waals surface area contributed by atoms with Crippen molar-refractivity contribution >= 4 is 21.9 Å². The van der Waals surface area contributed by atoms with Crippen molar-refractivity contribution in [2.24, 2.45) is 0 Å². The monoisotopic (exact) mass is 564 g/mol. The summed E-state index contributed by atoms with van der Waals surface area (Å²) in [5.41, 5.74) is 7.02. The van der Waals surface area contributed by atoms with Crippen molar-refractivity contribution in [3.63, 3.8) is 0 Å². The Balaban J connectivity index is 1.28. The third-order valence-electron chi connectivity index (χ3n) is 8.33. The Kier molecular flexibility index (Phi) is 6.77. The molecule has 2 unspecified atom stereocenters. The van der Waals surface area contributed by atoms with Gasteiger partial charge in [0.1, 0.15) is 12.4 Å². The number of rotatable bonds is 7. The fraction of sp³-hybridized carbons (Fsp3) is 0.235. The van der Waals surface area contributed by atoms with Crippen molar-refractivity contribution in [2.75, 3.05) is 20.8 Å². The van der Waals surface area contributed by atoms with Gasteiger partial charge in [-0.2, -0.15) is 0 Å². The van der Waals surface area contributed by atoms with E-state index in [1.807, 2.05) is 64.6 Å². The molecule has 0 saturated heterocycles. The zero-order valence-corrected chi connectivity index (χ0v) is 24.0. The Bertz CT molecular complexity index is 1750. The summed E-state index contributed by atoms with van der Waals surface area (Å²) in [6, 6.07) is 30.5. The summed E-state index contributed by atoms with van der Waals surface area (Å²) in [6.45, 7) is 2.14. The Morgan fingerprint density at radius 1 is 0.878 bits per heavy atom. The Labute approximate surface area is 242 Å². The molecule has 41 heavy (non-hydrogen) atoms. The number of nitrogens with zero attached hydrogens (tertiary/aromatic N) is 2. The Morgan fingerprint density at radius 2 is 1.66 bits per heavy atom. The first kappa shape index (κ1) is 25.9. The van der Waals surface area contributed by atoms with E-state index in [0.29, 0.717) is 6.61 Å². The molecule has 0 spiro atoms. The molecule has 4 aromatic carbocycles. The molecule has 0 aliphatic carbocycles. The first-order valence-corrected chi connectivity index (χ1v) is 15.0. The van der Waals surface area contributed by atoms with Gasteiger partial charge < -0.3 is 14.2 Å². The summed E-state index contributed by atoms with van der Waals surface area (Å²) in [6.07, 6.45) is 1.74. The fourth-order valence-electron chi connectivity index (χ4n) is 6.29. The number of fused-ring (bicyclic) bond motifs is 6. The number of ether oxygens (including phenoxy) is 3. The standard InChI is InChI=1S/C34H32N2O4S/c1-38-25-13-14-30-28(18-25)29-19-31-27-20-33(39-2)34(40-22-23-9-5-3-6-10-23)17-24(27)15-16-35(31)21-32(29)36(30)41(37)26-11-7-4-8-12-26/h3-14,17-18,20,31H,15-16,19,21-22H2,1-2H3. The predicted octanol–water partition coefficient (Wildman–Crippen LogP) is 6.46. The third-order valence-corrected chi connectivity index (χ3v) is 9.76. The van der Waals surface area contributed by atoms with Gasteiger partial charge in [-0.15, -0.1) is 0 Å². The van der Waals surface area contributed by atoms with Crippen LogP contribution in [0.25, 0.3) is 10.9 Å². The van der Waals surface area contributed by atoms with Gasteiger partial charge in [0, 0.05) is 24.5 Å². The second kappa shape index (κ2) is 10.7. The molecule has 0 amide bonds. The van der Waals surface area contributed by atoms with Crippen LogP contribution >= 0.6 is 0 Å². The maximum atomic E-state index is 14.0. The number of hydrogen-bond acceptors (Lipinski definition) is 5. The average molecular weight is 565 g/mol. The lowest BCUT2D eigenvalue weighted by Crippen LogP contribution is -2.40. The largest absolute Gasteiger partial charge is 0.497 e. The van der Waals surface area contributed by atoms with Gasteiger partial charge in [0.25, 0.3) is 0 Å². The van der Waals surface area contributed by atoms with Crippen molar-refractivity contribution in [3.05, 3.63) is 119 Å². The first-order chi connectivity index (χ1) is 20.1. The molecule has 0 N–H and O–H groups in total. The SMILES string of the molecule is COc1ccc2c(c1)c1c(n2S(=O)c2ccccc2)CN2CCc3cc(OCc4ccccc4)c(OC)cc3C2C1. The van der Waals surface area contributed by atoms with Gasteiger partial charge in [0.05, 0.1) is 30.3 Å². The van der Waals surface area contributed by atoms with E-state index in [9.17, 15) is 4.21 Å². The minimum Gasteiger partial charge on any atom is -0.497 e. The Hall–Kier alpha value is -4.07. The third kappa shape index (κ3) is 4.59. The van der Waals surface area contributed by atoms with Crippen LogP contribution in [0.3, 0.4) is 0 Å². The molecule has 2 aliphatic rings. The molecule has 3 heterocycles. The molecule has 208 valence electrons. The van der Waals surface area contributed by atoms with Crippen LogP contribution in [0.4, 0.5) is 0 Å². The highest BCUT2D eigenvalue weighted by atomic mass is 32.2. The van der Waals surface area contributed by atoms with Gasteiger partial charge in [-0.3, -0.25) is 8.87 Å². The molecule has 1 aromatic heterocycles. The topological polar surface area (TPSA) is 52.9 Å². The smallest absolute Gasteiger partial charge is 0.161 e. The molecule has 6 nitrogen and oxygen atoms in total. The normalized spacial score (nSPS) is 16.9. The number of methoxy groups -OCH3 is 2. The van der Waals surface area contributed by atoms with Crippen molar-refractivity contribution in [2.45, 2.75) is 36.9 Å². The first-order valence-electron chi connectivity index (χ1n) is 13.9. The van der Waals surface area contributed by atoms with Gasteiger partial charge in [0.15, 0.2) is 22.5 Å². The highest BCUT2D eigenvalue weighted by molar-refractivity contribution is 7.83. The molecule has 0 bridgehead atoms. The highest BCUT2D eigenvalue weighted by Gasteiger charge is 2.37. The van der Waals surface area contributed by atoms with Crippen LogP contribution in [0, 0.1) is 0 Å². The van der Waals surface area contributed by atoms with Crippen molar-refractivity contribution in [1.29, 1.82) is 0 Å². The van der Waals surface area contributed by atoms with Crippen LogP contribution in [-0.4, -0.2) is 33.8 Å². The number of benzene rings is 4. The van der Waals surface area contributed by atoms with E-state index in [0.717, 1.165) is 70.2 Å². The Morgan fingerprint density at radius 3 is 2.41 bits per heavy atom. The van der Waals surface area contributed by atoms with E-state index in [1.165, 1.54) is 16.7 Å². The zero-order chi connectivity index (χ0) is 27.9. The van der Waals surface area contributed by atoms with Crippen LogP contribution in [0.2, 0.25) is 0 Å². The number of hydrogen-bond donors (Lipinski definition) is 0. The maximum Gasteiger partial charge on any atom is 0.161 e. The minimum absolute atomic E-state index is 0.193. The average Bonchev–Trinajstić information content (AvgIpc) is 3.35. The summed E-state index contributed by atoms with van der Waals surface area (Å²) < 4.78 is 33.7. The second-order valence-corrected chi connectivity index (χ2v) is 11.9. The fourth-order valence-corrected chi connectivity index (χ4v) is 7.59. The summed E-state index contributed by atoms with van der Waals surface area (Å²) in [4.78, 5) is 3.31. The molecule has 0 fully saturated rings. The summed E-state index contributed by atoms with van der Waals surface area (Å²) in [5.74, 6) is 2.33. The predicted molar refractivity (Wildman–Crippen MR) is 161 cm³/mol. The molecule has 2 aliphatic heterocycles. The van der Waals surface area contributed by atoms with Crippen LogP contribution in [0.1, 0.15) is 34.0 Å². The summed E-state index contributed by atoms with van der Waals surface area (Å²) in [5, 5.41) is 1.10. The number of aromatic nitrogens is 1. The summed E-state index contributed by atoms with van der Waals surface area (Å²) >= 11 is 0. The zero-order valence-electron chi connectivity index (χ0n) is 23.2. The van der Waals surface area contributed by atoms with E-state index in [1.54, 1.807) is 14.2 Å². The van der Waals surface area contributed by atoms with Crippen molar-refractivity contribution in [1.82, 2.24) is 8.87 Å². The molecule has 5 aromatic rings. The lowest BCUT2D eigenvalue weighted by molar-refractivity contribution is 0.158. The summed E-state index contributed by atoms with van der Waals surface area (Å²) in [7, 11) is 2.03. The van der Waals surface area contributed by atoms with E-state index >= 15 is 0 Å². The molecular formula is C34H32N2O4S. The lowest BCUT2D eigenvalue weighted by atomic mass is 9.85. The molecule has 0 saturated carbocycles. The van der Waals surface area contributed by atoms with Gasteiger partial charge in [-0.25, -0.2) is 4.21 Å². The van der Waals surface area contributed by atoms with Gasteiger partial charge in [-0.05, 0) is 77.6 Å². The van der Waals surface area contributed by atoms with Crippen molar-refractivity contribution < 1.29 is 18.4 Å². The molecule has 7 rings (SSSR count). The van der Waals surface area contributed by atoms with Crippen LogP contribution in [0.5, 0.6) is 17.2 Å². The quantitative estimate of drug-likeness (QED) is 0.227. The van der Waals surface area contributed by atoms with E-state index in [4.69, 9.17) is 14.2 Å². The molecule has 2 atom stereocenters. The van der Waals surface area contributed by atoms with E-state index in [2.05, 4.69) is 35.2 Å². The van der Waals surface area contributed by atoms with E-state index < -0.39 is 11.0 Å². The van der Waals surface area contributed by atoms with Crippen LogP contribution < -0.4 is 14.2 Å². The van der Waals surface area contributed by atoms with Crippen LogP contribution in [-0.2, 0) is 37.0 Å². The van der Waals surface area contributed by atoms with E-state index in [-0.39, 0.29) is 6.04 Å². The highest BCUT2D eigenvalue weighted by Crippen LogP contribution is 2.45. The minimum atomic E-state index is -1.36. The lowest BCUT2D eigenvalue weighted by Gasteiger charge is -2.41.